The largest absolute Gasteiger partial charge is 0.342 e. The Kier molecular flexibility index (Phi) is 3.26. The molecule has 0 spiro atoms. The fraction of sp³-hybridized carbons (Fsp3) is 0.909. The van der Waals surface area contributed by atoms with Crippen molar-refractivity contribution in [3.8, 4) is 0 Å². The molecule has 1 saturated heterocycles. The quantitative estimate of drug-likeness (QED) is 0.548. The van der Waals surface area contributed by atoms with Crippen LogP contribution < -0.4 is 5.32 Å². The van der Waals surface area contributed by atoms with Crippen molar-refractivity contribution in [3.63, 3.8) is 0 Å². The second kappa shape index (κ2) is 4.34. The first-order valence-electron chi connectivity index (χ1n) is 5.76. The maximum absolute atomic E-state index is 11.2. The van der Waals surface area contributed by atoms with Gasteiger partial charge >= 0.3 is 0 Å². The van der Waals surface area contributed by atoms with Gasteiger partial charge in [0.25, 0.3) is 0 Å². The zero-order valence-corrected chi connectivity index (χ0v) is 10.3. The third-order valence-corrected chi connectivity index (χ3v) is 3.82. The number of carbonyl (C=O) groups is 1. The van der Waals surface area contributed by atoms with Crippen LogP contribution in [0.2, 0.25) is 0 Å². The molecule has 0 aromatic rings. The Morgan fingerprint density at radius 3 is 2.33 bits per heavy atom. The number of rotatable bonds is 2. The molecule has 0 bridgehead atoms. The monoisotopic (exact) mass is 228 g/mol. The summed E-state index contributed by atoms with van der Waals surface area (Å²) in [6.45, 7) is 5.68. The fourth-order valence-electron chi connectivity index (χ4n) is 3.03. The van der Waals surface area contributed by atoms with E-state index in [0.717, 1.165) is 24.9 Å². The van der Waals surface area contributed by atoms with Gasteiger partial charge in [-0.1, -0.05) is 0 Å². The molecule has 15 heavy (non-hydrogen) atoms. The Hall–Kier alpha value is -0.220. The minimum atomic E-state index is 0.233. The molecule has 1 N–H and O–H groups in total. The van der Waals surface area contributed by atoms with Gasteiger partial charge in [-0.15, -0.1) is 0 Å². The fourth-order valence-corrected chi connectivity index (χ4v) is 3.25. The molecule has 1 heterocycles. The van der Waals surface area contributed by atoms with Crippen LogP contribution in [0.15, 0.2) is 0 Å². The molecule has 4 heteroatoms. The van der Waals surface area contributed by atoms with Crippen molar-refractivity contribution in [3.05, 3.63) is 0 Å². The molecule has 2 fully saturated rings. The van der Waals surface area contributed by atoms with Crippen LogP contribution in [-0.4, -0.2) is 35.3 Å². The van der Waals surface area contributed by atoms with Crippen molar-refractivity contribution < 1.29 is 4.79 Å². The number of carbonyl (C=O) groups excluding carboxylic acids is 1. The van der Waals surface area contributed by atoms with Crippen LogP contribution in [0.25, 0.3) is 0 Å². The normalized spacial score (nSPS) is 36.7. The molecular weight excluding hydrogens is 208 g/mol. The summed E-state index contributed by atoms with van der Waals surface area (Å²) in [4.78, 5) is 13.2. The van der Waals surface area contributed by atoms with Crippen LogP contribution in [0.1, 0.15) is 26.7 Å². The Bertz CT molecular complexity index is 243. The van der Waals surface area contributed by atoms with Crippen molar-refractivity contribution in [2.45, 2.75) is 38.1 Å². The van der Waals surface area contributed by atoms with E-state index in [4.69, 9.17) is 0 Å². The van der Waals surface area contributed by atoms with E-state index in [1.54, 1.807) is 6.92 Å². The smallest absolute Gasteiger partial charge is 0.219 e. The highest BCUT2D eigenvalue weighted by molar-refractivity contribution is 7.80. The summed E-state index contributed by atoms with van der Waals surface area (Å²) in [6, 6.07) is 0.613. The van der Waals surface area contributed by atoms with E-state index in [1.807, 2.05) is 4.90 Å². The molecule has 3 nitrogen and oxygen atoms in total. The van der Waals surface area contributed by atoms with Gasteiger partial charge in [0.15, 0.2) is 0 Å². The zero-order valence-electron chi connectivity index (χ0n) is 9.44. The predicted molar refractivity (Wildman–Crippen MR) is 63.8 cm³/mol. The number of nitrogens with zero attached hydrogens (tertiary/aromatic N) is 1. The first kappa shape index (κ1) is 11.3. The summed E-state index contributed by atoms with van der Waals surface area (Å²) in [7, 11) is 0. The molecule has 2 aliphatic rings. The van der Waals surface area contributed by atoms with Crippen molar-refractivity contribution in [2.24, 2.45) is 11.8 Å². The van der Waals surface area contributed by atoms with Crippen LogP contribution in [0.3, 0.4) is 0 Å². The van der Waals surface area contributed by atoms with E-state index in [9.17, 15) is 4.79 Å². The van der Waals surface area contributed by atoms with Gasteiger partial charge in [-0.2, -0.15) is 12.6 Å². The van der Waals surface area contributed by atoms with Crippen molar-refractivity contribution in [1.82, 2.24) is 10.2 Å². The molecule has 86 valence electrons. The van der Waals surface area contributed by atoms with Gasteiger partial charge in [0, 0.05) is 31.4 Å². The summed E-state index contributed by atoms with van der Waals surface area (Å²) >= 11 is 4.35. The average Bonchev–Trinajstić information content (AvgIpc) is 2.58. The molecule has 1 amide bonds. The number of nitrogens with one attached hydrogen (secondary N) is 1. The summed E-state index contributed by atoms with van der Waals surface area (Å²) < 4.78 is 0. The Morgan fingerprint density at radius 2 is 1.93 bits per heavy atom. The van der Waals surface area contributed by atoms with Crippen LogP contribution in [0.5, 0.6) is 0 Å². The summed E-state index contributed by atoms with van der Waals surface area (Å²) in [5.74, 6) is 1.67. The Balaban J connectivity index is 1.85. The van der Waals surface area contributed by atoms with E-state index < -0.39 is 0 Å². The lowest BCUT2D eigenvalue weighted by Gasteiger charge is -2.19. The van der Waals surface area contributed by atoms with Crippen LogP contribution >= 0.6 is 12.6 Å². The molecule has 4 atom stereocenters. The van der Waals surface area contributed by atoms with Crippen LogP contribution in [0.4, 0.5) is 0 Å². The van der Waals surface area contributed by atoms with Gasteiger partial charge in [-0.25, -0.2) is 0 Å². The third kappa shape index (κ3) is 2.48. The maximum atomic E-state index is 11.2. The third-order valence-electron chi connectivity index (χ3n) is 3.67. The molecule has 1 saturated carbocycles. The Labute approximate surface area is 97.0 Å². The predicted octanol–water partition coefficient (Wildman–Crippen LogP) is 1.11. The topological polar surface area (TPSA) is 32.3 Å². The summed E-state index contributed by atoms with van der Waals surface area (Å²) in [5.41, 5.74) is 0. The van der Waals surface area contributed by atoms with E-state index in [-0.39, 0.29) is 11.3 Å². The van der Waals surface area contributed by atoms with E-state index in [2.05, 4.69) is 24.9 Å². The SMILES string of the molecule is CC(=O)N1C[C@H]2CC(NC(C)S)C[C@H]2C1. The molecule has 0 aromatic carbocycles. The first-order valence-corrected chi connectivity index (χ1v) is 6.27. The van der Waals surface area contributed by atoms with Crippen molar-refractivity contribution in [1.29, 1.82) is 0 Å². The lowest BCUT2D eigenvalue weighted by atomic mass is 10.0. The highest BCUT2D eigenvalue weighted by Gasteiger charge is 2.41. The number of hydrogen-bond donors (Lipinski definition) is 2. The average molecular weight is 228 g/mol. The molecule has 2 unspecified atom stereocenters. The van der Waals surface area contributed by atoms with E-state index >= 15 is 0 Å². The van der Waals surface area contributed by atoms with E-state index in [1.165, 1.54) is 12.8 Å². The highest BCUT2D eigenvalue weighted by Crippen LogP contribution is 2.38. The second-order valence-corrected chi connectivity index (χ2v) is 5.73. The van der Waals surface area contributed by atoms with Gasteiger partial charge in [0.2, 0.25) is 5.91 Å². The van der Waals surface area contributed by atoms with Gasteiger partial charge < -0.3 is 10.2 Å². The number of hydrogen-bond acceptors (Lipinski definition) is 3. The van der Waals surface area contributed by atoms with E-state index in [0.29, 0.717) is 6.04 Å². The lowest BCUT2D eigenvalue weighted by Crippen LogP contribution is -2.34. The number of fused-ring (bicyclic) bond motifs is 1. The lowest BCUT2D eigenvalue weighted by molar-refractivity contribution is -0.128. The van der Waals surface area contributed by atoms with Crippen LogP contribution in [0, 0.1) is 11.8 Å². The molecular formula is C11H20N2OS. The molecule has 2 rings (SSSR count). The van der Waals surface area contributed by atoms with Gasteiger partial charge in [-0.05, 0) is 31.6 Å². The number of amides is 1. The van der Waals surface area contributed by atoms with Gasteiger partial charge in [-0.3, -0.25) is 4.79 Å². The van der Waals surface area contributed by atoms with Crippen molar-refractivity contribution in [2.75, 3.05) is 13.1 Å². The number of thiol groups is 1. The summed E-state index contributed by atoms with van der Waals surface area (Å²) in [6.07, 6.45) is 2.42. The standard InChI is InChI=1S/C11H20N2OS/c1-7(15)12-11-3-9-5-13(8(2)14)6-10(9)4-11/h7,9-12,15H,3-6H2,1-2H3/t7?,9-,10+,11?. The maximum Gasteiger partial charge on any atom is 0.219 e. The van der Waals surface area contributed by atoms with Crippen molar-refractivity contribution >= 4 is 18.5 Å². The number of likely N-dealkylation sites (tertiary alicyclic amines) is 1. The van der Waals surface area contributed by atoms with Gasteiger partial charge in [0.05, 0.1) is 0 Å². The minimum Gasteiger partial charge on any atom is -0.342 e. The minimum absolute atomic E-state index is 0.233. The summed E-state index contributed by atoms with van der Waals surface area (Å²) in [5, 5.41) is 3.75. The van der Waals surface area contributed by atoms with Crippen LogP contribution in [-0.2, 0) is 4.79 Å². The molecule has 1 aliphatic heterocycles. The zero-order chi connectivity index (χ0) is 11.0. The van der Waals surface area contributed by atoms with Gasteiger partial charge in [0.1, 0.15) is 0 Å². The highest BCUT2D eigenvalue weighted by atomic mass is 32.1. The molecule has 0 radical (unpaired) electrons. The molecule has 1 aliphatic carbocycles. The first-order chi connectivity index (χ1) is 7.06. The molecule has 0 aromatic heterocycles. The second-order valence-electron chi connectivity index (χ2n) is 4.96. The Morgan fingerprint density at radius 1 is 1.40 bits per heavy atom.